The Hall–Kier alpha value is -2.57. The first-order valence-corrected chi connectivity index (χ1v) is 6.41. The summed E-state index contributed by atoms with van der Waals surface area (Å²) in [7, 11) is 0. The summed E-state index contributed by atoms with van der Waals surface area (Å²) in [6, 6.07) is 4.86. The van der Waals surface area contributed by atoms with Crippen LogP contribution in [0.2, 0.25) is 0 Å². The molecule has 1 unspecified atom stereocenters. The Balaban J connectivity index is 2.63. The third-order valence-electron chi connectivity index (χ3n) is 2.82. The largest absolute Gasteiger partial charge is 0.481 e. The molecule has 1 atom stereocenters. The van der Waals surface area contributed by atoms with Gasteiger partial charge in [-0.2, -0.15) is 0 Å². The third kappa shape index (κ3) is 5.52. The van der Waals surface area contributed by atoms with Gasteiger partial charge in [0.15, 0.2) is 0 Å². The lowest BCUT2D eigenvalue weighted by molar-refractivity contribution is -0.145. The van der Waals surface area contributed by atoms with E-state index in [0.29, 0.717) is 11.6 Å². The normalized spacial score (nSPS) is 11.8. The zero-order valence-electron chi connectivity index (χ0n) is 11.8. The van der Waals surface area contributed by atoms with Gasteiger partial charge in [0.1, 0.15) is 6.04 Å². The van der Waals surface area contributed by atoms with Gasteiger partial charge in [0.2, 0.25) is 0 Å². The molecule has 0 saturated heterocycles. The van der Waals surface area contributed by atoms with Gasteiger partial charge in [-0.1, -0.05) is 26.0 Å². The third-order valence-corrected chi connectivity index (χ3v) is 2.82. The number of rotatable bonds is 6. The van der Waals surface area contributed by atoms with Crippen molar-refractivity contribution in [3.8, 4) is 0 Å². The van der Waals surface area contributed by atoms with Gasteiger partial charge in [0, 0.05) is 5.69 Å². The van der Waals surface area contributed by atoms with Crippen molar-refractivity contribution in [1.82, 2.24) is 5.32 Å². The molecule has 0 aliphatic carbocycles. The molecule has 0 aliphatic heterocycles. The van der Waals surface area contributed by atoms with Gasteiger partial charge >= 0.3 is 18.0 Å². The first-order chi connectivity index (χ1) is 9.79. The fourth-order valence-corrected chi connectivity index (χ4v) is 1.65. The number of benzene rings is 1. The van der Waals surface area contributed by atoms with Gasteiger partial charge in [0.25, 0.3) is 0 Å². The second kappa shape index (κ2) is 7.28. The Morgan fingerprint density at radius 3 is 2.10 bits per heavy atom. The summed E-state index contributed by atoms with van der Waals surface area (Å²) >= 11 is 0. The molecule has 0 saturated carbocycles. The molecule has 0 bridgehead atoms. The zero-order chi connectivity index (χ0) is 16.0. The highest BCUT2D eigenvalue weighted by Crippen LogP contribution is 2.17. The number of carboxylic acids is 2. The highest BCUT2D eigenvalue weighted by molar-refractivity contribution is 5.93. The molecule has 2 amide bonds. The van der Waals surface area contributed by atoms with E-state index in [1.807, 2.05) is 26.0 Å². The van der Waals surface area contributed by atoms with Crippen LogP contribution in [0.15, 0.2) is 24.3 Å². The molecule has 0 aromatic heterocycles. The minimum Gasteiger partial charge on any atom is -0.481 e. The average molecular weight is 294 g/mol. The lowest BCUT2D eigenvalue weighted by atomic mass is 10.0. The maximum Gasteiger partial charge on any atom is 0.326 e. The van der Waals surface area contributed by atoms with Gasteiger partial charge in [-0.05, 0) is 23.6 Å². The minimum atomic E-state index is -1.47. The van der Waals surface area contributed by atoms with Crippen LogP contribution in [0.4, 0.5) is 10.5 Å². The first kappa shape index (κ1) is 16.5. The van der Waals surface area contributed by atoms with Crippen molar-refractivity contribution in [3.05, 3.63) is 29.8 Å². The van der Waals surface area contributed by atoms with Crippen LogP contribution in [0.5, 0.6) is 0 Å². The summed E-state index contributed by atoms with van der Waals surface area (Å²) in [5, 5.41) is 22.0. The summed E-state index contributed by atoms with van der Waals surface area (Å²) in [5.74, 6) is -2.34. The smallest absolute Gasteiger partial charge is 0.326 e. The number of amides is 2. The van der Waals surface area contributed by atoms with Crippen molar-refractivity contribution in [1.29, 1.82) is 0 Å². The molecular weight excluding hydrogens is 276 g/mol. The molecule has 0 heterocycles. The molecule has 0 fully saturated rings. The quantitative estimate of drug-likeness (QED) is 0.639. The number of aliphatic carboxylic acids is 2. The molecule has 4 N–H and O–H groups in total. The van der Waals surface area contributed by atoms with Crippen LogP contribution in [0.25, 0.3) is 0 Å². The van der Waals surface area contributed by atoms with E-state index in [9.17, 15) is 14.4 Å². The molecule has 7 nitrogen and oxygen atoms in total. The predicted octanol–water partition coefficient (Wildman–Crippen LogP) is 1.86. The Labute approximate surface area is 122 Å². The first-order valence-electron chi connectivity index (χ1n) is 6.41. The molecule has 114 valence electrons. The van der Waals surface area contributed by atoms with Crippen molar-refractivity contribution < 1.29 is 24.6 Å². The van der Waals surface area contributed by atoms with Crippen LogP contribution in [0.3, 0.4) is 0 Å². The van der Waals surface area contributed by atoms with Crippen LogP contribution in [0.1, 0.15) is 31.7 Å². The maximum atomic E-state index is 11.6. The van der Waals surface area contributed by atoms with E-state index >= 15 is 0 Å². The van der Waals surface area contributed by atoms with Crippen LogP contribution >= 0.6 is 0 Å². The van der Waals surface area contributed by atoms with Gasteiger partial charge in [0.05, 0.1) is 6.42 Å². The van der Waals surface area contributed by atoms with E-state index in [2.05, 4.69) is 10.6 Å². The SMILES string of the molecule is CC(C)c1ccc(NC(=O)NC(CC(=O)O)C(=O)O)cc1. The van der Waals surface area contributed by atoms with Crippen LogP contribution < -0.4 is 10.6 Å². The Morgan fingerprint density at radius 2 is 1.67 bits per heavy atom. The van der Waals surface area contributed by atoms with E-state index in [1.165, 1.54) is 0 Å². The zero-order valence-corrected chi connectivity index (χ0v) is 11.8. The number of hydrogen-bond acceptors (Lipinski definition) is 3. The molecule has 0 radical (unpaired) electrons. The molecule has 21 heavy (non-hydrogen) atoms. The summed E-state index contributed by atoms with van der Waals surface area (Å²) in [4.78, 5) is 33.0. The van der Waals surface area contributed by atoms with Crippen molar-refractivity contribution in [2.45, 2.75) is 32.2 Å². The van der Waals surface area contributed by atoms with Crippen LogP contribution in [-0.2, 0) is 9.59 Å². The fraction of sp³-hybridized carbons (Fsp3) is 0.357. The van der Waals surface area contributed by atoms with Crippen molar-refractivity contribution in [2.75, 3.05) is 5.32 Å². The molecule has 1 aromatic carbocycles. The summed E-state index contributed by atoms with van der Waals surface area (Å²) in [6.45, 7) is 4.08. The maximum absolute atomic E-state index is 11.6. The minimum absolute atomic E-state index is 0.361. The number of nitrogens with one attached hydrogen (secondary N) is 2. The van der Waals surface area contributed by atoms with Crippen molar-refractivity contribution in [3.63, 3.8) is 0 Å². The second-order valence-electron chi connectivity index (χ2n) is 4.86. The lowest BCUT2D eigenvalue weighted by Gasteiger charge is -2.13. The second-order valence-corrected chi connectivity index (χ2v) is 4.86. The van der Waals surface area contributed by atoms with E-state index in [0.717, 1.165) is 5.56 Å². The lowest BCUT2D eigenvalue weighted by Crippen LogP contribution is -2.44. The standard InChI is InChI=1S/C14H18N2O5/c1-8(2)9-3-5-10(6-4-9)15-14(21)16-11(13(19)20)7-12(17)18/h3-6,8,11H,7H2,1-2H3,(H,17,18)(H,19,20)(H2,15,16,21). The monoisotopic (exact) mass is 294 g/mol. The number of carboxylic acid groups (broad SMARTS) is 2. The number of urea groups is 1. The van der Waals surface area contributed by atoms with E-state index in [-0.39, 0.29) is 0 Å². The average Bonchev–Trinajstić information content (AvgIpc) is 2.37. The van der Waals surface area contributed by atoms with Crippen molar-refractivity contribution >= 4 is 23.7 Å². The van der Waals surface area contributed by atoms with Gasteiger partial charge in [-0.3, -0.25) is 4.79 Å². The number of carbonyl (C=O) groups excluding carboxylic acids is 1. The fourth-order valence-electron chi connectivity index (χ4n) is 1.65. The summed E-state index contributed by atoms with van der Waals surface area (Å²) in [6.07, 6.45) is -0.685. The number of hydrogen-bond donors (Lipinski definition) is 4. The predicted molar refractivity (Wildman–Crippen MR) is 76.4 cm³/mol. The van der Waals surface area contributed by atoms with Crippen LogP contribution in [-0.4, -0.2) is 34.2 Å². The summed E-state index contributed by atoms with van der Waals surface area (Å²) in [5.41, 5.74) is 1.60. The van der Waals surface area contributed by atoms with Gasteiger partial charge < -0.3 is 20.8 Å². The van der Waals surface area contributed by atoms with Gasteiger partial charge in [-0.15, -0.1) is 0 Å². The van der Waals surface area contributed by atoms with E-state index in [4.69, 9.17) is 10.2 Å². The van der Waals surface area contributed by atoms with Gasteiger partial charge in [-0.25, -0.2) is 9.59 Å². The Kier molecular flexibility index (Phi) is 5.71. The van der Waals surface area contributed by atoms with E-state index < -0.39 is 30.4 Å². The number of anilines is 1. The number of carbonyl (C=O) groups is 3. The Morgan fingerprint density at radius 1 is 1.10 bits per heavy atom. The highest BCUT2D eigenvalue weighted by Gasteiger charge is 2.22. The molecular formula is C14H18N2O5. The Bertz CT molecular complexity index is 525. The summed E-state index contributed by atoms with van der Waals surface area (Å²) < 4.78 is 0. The molecule has 1 aromatic rings. The van der Waals surface area contributed by atoms with Crippen LogP contribution in [0, 0.1) is 0 Å². The molecule has 0 aliphatic rings. The van der Waals surface area contributed by atoms with Crippen molar-refractivity contribution in [2.24, 2.45) is 0 Å². The highest BCUT2D eigenvalue weighted by atomic mass is 16.4. The molecule has 0 spiro atoms. The van der Waals surface area contributed by atoms with E-state index in [1.54, 1.807) is 12.1 Å². The molecule has 7 heteroatoms. The molecule has 1 rings (SSSR count). The topological polar surface area (TPSA) is 116 Å².